The highest BCUT2D eigenvalue weighted by Gasteiger charge is 2.54. The fourth-order valence-electron chi connectivity index (χ4n) is 6.27. The lowest BCUT2D eigenvalue weighted by atomic mass is 9.94. The van der Waals surface area contributed by atoms with E-state index in [0.717, 1.165) is 0 Å². The lowest BCUT2D eigenvalue weighted by Crippen LogP contribution is -2.61. The Bertz CT molecular complexity index is 996. The minimum absolute atomic E-state index is 0.371. The highest BCUT2D eigenvalue weighted by Crippen LogP contribution is 2.32. The molecule has 21 nitrogen and oxygen atoms in total. The van der Waals surface area contributed by atoms with Crippen molar-refractivity contribution in [3.05, 3.63) is 0 Å². The Morgan fingerprint density at radius 2 is 0.714 bits per heavy atom. The Kier molecular flexibility index (Phi) is 14.9. The summed E-state index contributed by atoms with van der Waals surface area (Å²) < 4.78 is 38.6. The van der Waals surface area contributed by atoms with E-state index in [1.165, 1.54) is 0 Å². The minimum atomic E-state index is -1.80. The van der Waals surface area contributed by atoms with E-state index in [4.69, 9.17) is 33.2 Å². The average Bonchev–Trinajstić information content (AvgIpc) is 3.34. The number of aliphatic hydroxyl groups excluding tert-OH is 14. The summed E-state index contributed by atoms with van der Waals surface area (Å²) in [6.07, 6.45) is -26.4. The van der Waals surface area contributed by atoms with Gasteiger partial charge in [0.05, 0.1) is 59.5 Å². The summed E-state index contributed by atoms with van der Waals surface area (Å²) in [5.41, 5.74) is -1.80. The van der Waals surface area contributed by atoms with Gasteiger partial charge in [-0.3, -0.25) is 0 Å². The predicted molar refractivity (Wildman–Crippen MR) is 153 cm³/mol. The van der Waals surface area contributed by atoms with Crippen molar-refractivity contribution in [3.63, 3.8) is 0 Å². The minimum Gasteiger partial charge on any atom is -0.394 e. The van der Waals surface area contributed by atoms with Crippen LogP contribution < -0.4 is 0 Å². The largest absolute Gasteiger partial charge is 0.394 e. The number of hydrogen-bond acceptors (Lipinski definition) is 21. The Balaban J connectivity index is 1.26. The molecule has 288 valence electrons. The van der Waals surface area contributed by atoms with Crippen molar-refractivity contribution < 1.29 is 105 Å². The van der Waals surface area contributed by atoms with Gasteiger partial charge in [-0.25, -0.2) is 0 Å². The Morgan fingerprint density at radius 3 is 1.04 bits per heavy atom. The van der Waals surface area contributed by atoms with E-state index < -0.39 is 168 Å². The lowest BCUT2D eigenvalue weighted by Gasteiger charge is -2.42. The molecular formula is C28H50O21. The molecular weight excluding hydrogens is 672 g/mol. The fourth-order valence-corrected chi connectivity index (χ4v) is 6.27. The van der Waals surface area contributed by atoms with Crippen LogP contribution >= 0.6 is 0 Å². The highest BCUT2D eigenvalue weighted by molar-refractivity contribution is 5.02. The van der Waals surface area contributed by atoms with Gasteiger partial charge in [0.2, 0.25) is 0 Å². The Labute approximate surface area is 279 Å². The number of hydrogen-bond donors (Lipinski definition) is 14. The van der Waals surface area contributed by atoms with Crippen LogP contribution in [0.4, 0.5) is 0 Å². The molecule has 4 fully saturated rings. The van der Waals surface area contributed by atoms with Crippen LogP contribution in [0.25, 0.3) is 0 Å². The molecule has 4 saturated heterocycles. The molecule has 0 aliphatic carbocycles. The van der Waals surface area contributed by atoms with Gasteiger partial charge in [-0.1, -0.05) is 0 Å². The van der Waals surface area contributed by atoms with Gasteiger partial charge in [0.15, 0.2) is 0 Å². The van der Waals surface area contributed by atoms with E-state index in [1.54, 1.807) is 0 Å². The second-order valence-corrected chi connectivity index (χ2v) is 12.8. The summed E-state index contributed by atoms with van der Waals surface area (Å²) >= 11 is 0. The summed E-state index contributed by atoms with van der Waals surface area (Å²) in [5, 5.41) is 142. The van der Waals surface area contributed by atoms with Crippen LogP contribution in [0.5, 0.6) is 0 Å². The molecule has 0 bridgehead atoms. The highest BCUT2D eigenvalue weighted by atomic mass is 16.6. The summed E-state index contributed by atoms with van der Waals surface area (Å²) in [7, 11) is 0. The standard InChI is InChI=1S/C28H50O21/c29-1-10-17(32)24(39)18(33)12(46-10)3-43-4-13-19(34)25(40)20(35)14(47-13)5-44-6-15-21(36)26(41)22(37)16(48-15)7-45-9-28(8-31)27(42)23(38)11(2-30)49-28/h10-27,29-42H,1-9H2/t10?,11?,12?,13?,14?,15?,16?,17?,18?,19-,20?,21+,22+,23-,24+,25?,26+,27?,28?/m0/s1. The van der Waals surface area contributed by atoms with Crippen molar-refractivity contribution in [2.45, 2.75) is 115 Å². The average molecular weight is 723 g/mol. The second kappa shape index (κ2) is 17.8. The molecule has 0 saturated carbocycles. The van der Waals surface area contributed by atoms with Crippen molar-refractivity contribution in [2.75, 3.05) is 59.5 Å². The van der Waals surface area contributed by atoms with Crippen LogP contribution in [0.1, 0.15) is 0 Å². The molecule has 21 heteroatoms. The maximum Gasteiger partial charge on any atom is 0.143 e. The van der Waals surface area contributed by atoms with E-state index in [0.29, 0.717) is 0 Å². The molecule has 13 unspecified atom stereocenters. The van der Waals surface area contributed by atoms with Crippen molar-refractivity contribution in [2.24, 2.45) is 0 Å². The third-order valence-corrected chi connectivity index (χ3v) is 9.45. The topological polar surface area (TPSA) is 348 Å². The van der Waals surface area contributed by atoms with Crippen molar-refractivity contribution in [1.29, 1.82) is 0 Å². The Morgan fingerprint density at radius 1 is 0.388 bits per heavy atom. The van der Waals surface area contributed by atoms with E-state index in [-0.39, 0.29) is 6.61 Å². The van der Waals surface area contributed by atoms with Gasteiger partial charge in [0.1, 0.15) is 115 Å². The molecule has 49 heavy (non-hydrogen) atoms. The molecule has 0 amide bonds. The molecule has 0 aromatic heterocycles. The number of ether oxygens (including phenoxy) is 7. The van der Waals surface area contributed by atoms with Crippen LogP contribution in [0.15, 0.2) is 0 Å². The van der Waals surface area contributed by atoms with Gasteiger partial charge in [0.25, 0.3) is 0 Å². The monoisotopic (exact) mass is 722 g/mol. The van der Waals surface area contributed by atoms with Crippen LogP contribution in [0.2, 0.25) is 0 Å². The molecule has 0 aromatic rings. The van der Waals surface area contributed by atoms with Gasteiger partial charge >= 0.3 is 0 Å². The maximum atomic E-state index is 10.5. The van der Waals surface area contributed by atoms with E-state index in [9.17, 15) is 71.5 Å². The molecule has 0 radical (unpaired) electrons. The van der Waals surface area contributed by atoms with Gasteiger partial charge in [-0.15, -0.1) is 0 Å². The first-order valence-electron chi connectivity index (χ1n) is 15.9. The SMILES string of the molecule is OCC1OC(COCC2OC(COCC3OC(COCC4(CO)OC(CO)[C@H](O)C4O)[C@@H](O)[C@H](O)[C@@H]3O)C(O)C(O)[C@H]2O)C(O)[C@H](O)C1O. The zero-order valence-corrected chi connectivity index (χ0v) is 26.4. The second-order valence-electron chi connectivity index (χ2n) is 12.8. The first-order chi connectivity index (χ1) is 23.2. The summed E-state index contributed by atoms with van der Waals surface area (Å²) in [4.78, 5) is 0. The normalized spacial score (nSPS) is 49.3. The third kappa shape index (κ3) is 8.87. The zero-order valence-electron chi connectivity index (χ0n) is 26.4. The summed E-state index contributed by atoms with van der Waals surface area (Å²) in [6.45, 7) is -4.66. The van der Waals surface area contributed by atoms with Gasteiger partial charge in [0, 0.05) is 0 Å². The molecule has 4 aliphatic rings. The van der Waals surface area contributed by atoms with Crippen LogP contribution in [-0.2, 0) is 33.2 Å². The molecule has 14 N–H and O–H groups in total. The maximum absolute atomic E-state index is 10.5. The molecule has 0 aromatic carbocycles. The van der Waals surface area contributed by atoms with Gasteiger partial charge in [-0.2, -0.15) is 0 Å². The lowest BCUT2D eigenvalue weighted by molar-refractivity contribution is -0.263. The van der Waals surface area contributed by atoms with Crippen molar-refractivity contribution in [1.82, 2.24) is 0 Å². The Hall–Kier alpha value is -0.840. The van der Waals surface area contributed by atoms with Crippen molar-refractivity contribution >= 4 is 0 Å². The van der Waals surface area contributed by atoms with Gasteiger partial charge in [-0.05, 0) is 0 Å². The van der Waals surface area contributed by atoms with E-state index in [2.05, 4.69) is 0 Å². The summed E-state index contributed by atoms with van der Waals surface area (Å²) in [5.74, 6) is 0. The van der Waals surface area contributed by atoms with E-state index in [1.807, 2.05) is 0 Å². The van der Waals surface area contributed by atoms with Crippen LogP contribution in [0, 0.1) is 0 Å². The van der Waals surface area contributed by atoms with E-state index >= 15 is 0 Å². The molecule has 4 aliphatic heterocycles. The first kappa shape index (κ1) is 40.9. The fraction of sp³-hybridized carbons (Fsp3) is 1.00. The smallest absolute Gasteiger partial charge is 0.143 e. The summed E-state index contributed by atoms with van der Waals surface area (Å²) in [6, 6.07) is 0. The van der Waals surface area contributed by atoms with Crippen LogP contribution in [-0.4, -0.2) is 246 Å². The van der Waals surface area contributed by atoms with Crippen molar-refractivity contribution in [3.8, 4) is 0 Å². The predicted octanol–water partition coefficient (Wildman–Crippen LogP) is -9.58. The molecule has 19 atom stereocenters. The quantitative estimate of drug-likeness (QED) is 0.0746. The zero-order chi connectivity index (χ0) is 36.2. The first-order valence-corrected chi connectivity index (χ1v) is 15.9. The van der Waals surface area contributed by atoms with Gasteiger partial charge < -0.3 is 105 Å². The van der Waals surface area contributed by atoms with Crippen LogP contribution in [0.3, 0.4) is 0 Å². The molecule has 0 spiro atoms. The molecule has 4 rings (SSSR count). The molecule has 4 heterocycles. The number of rotatable bonds is 15. The number of aliphatic hydroxyl groups is 14. The third-order valence-electron chi connectivity index (χ3n) is 9.45.